The molecule has 0 spiro atoms. The number of carbonyl (C=O) groups is 4. The van der Waals surface area contributed by atoms with Crippen molar-refractivity contribution >= 4 is 23.7 Å². The zero-order chi connectivity index (χ0) is 39.5. The van der Waals surface area contributed by atoms with Gasteiger partial charge in [-0.15, -0.1) is 0 Å². The van der Waals surface area contributed by atoms with E-state index in [1.54, 1.807) is 38.1 Å². The van der Waals surface area contributed by atoms with Crippen molar-refractivity contribution in [1.29, 1.82) is 0 Å². The molecule has 9 atom stereocenters. The average molecular weight is 755 g/mol. The minimum absolute atomic E-state index is 0.0231. The second kappa shape index (κ2) is 16.5. The summed E-state index contributed by atoms with van der Waals surface area (Å²) in [4.78, 5) is 51.8. The maximum absolute atomic E-state index is 17.7. The molecule has 296 valence electrons. The minimum atomic E-state index is -2.31. The zero-order valence-corrected chi connectivity index (χ0v) is 32.3. The van der Waals surface area contributed by atoms with Gasteiger partial charge in [-0.1, -0.05) is 71.7 Å². The van der Waals surface area contributed by atoms with Gasteiger partial charge in [0.1, 0.15) is 11.9 Å². The van der Waals surface area contributed by atoms with Crippen molar-refractivity contribution in [2.45, 2.75) is 129 Å². The Hall–Kier alpha value is -3.86. The lowest BCUT2D eigenvalue weighted by atomic mass is 9.44. The minimum Gasteiger partial charge on any atom is -0.484 e. The molecular formula is C43H56F2O9. The molecule has 3 saturated carbocycles. The summed E-state index contributed by atoms with van der Waals surface area (Å²) in [6.45, 7) is 12.9. The number of ketones is 2. The number of rotatable bonds is 16. The molecule has 0 radical (unpaired) electrons. The molecule has 4 aliphatic rings. The number of fused-ring (bicyclic) bond motifs is 5. The molecule has 1 aromatic rings. The molecule has 0 amide bonds. The van der Waals surface area contributed by atoms with Crippen molar-refractivity contribution in [3.05, 3.63) is 66.0 Å². The number of ether oxygens (including phenoxy) is 4. The van der Waals surface area contributed by atoms with E-state index >= 15 is 8.78 Å². The van der Waals surface area contributed by atoms with Crippen molar-refractivity contribution < 1.29 is 52.0 Å². The van der Waals surface area contributed by atoms with E-state index in [-0.39, 0.29) is 42.5 Å². The molecule has 1 N–H and O–H groups in total. The van der Waals surface area contributed by atoms with Crippen molar-refractivity contribution in [2.75, 3.05) is 13.2 Å². The Balaban J connectivity index is 1.30. The number of benzene rings is 1. The lowest BCUT2D eigenvalue weighted by molar-refractivity contribution is -0.224. The summed E-state index contributed by atoms with van der Waals surface area (Å²) in [5.41, 5.74) is -5.85. The summed E-state index contributed by atoms with van der Waals surface area (Å²) in [6, 6.07) is 6.59. The van der Waals surface area contributed by atoms with Crippen LogP contribution in [0.1, 0.15) is 104 Å². The topological polar surface area (TPSA) is 125 Å². The van der Waals surface area contributed by atoms with Crippen molar-refractivity contribution in [2.24, 2.45) is 28.6 Å². The van der Waals surface area contributed by atoms with Crippen LogP contribution in [-0.4, -0.2) is 65.6 Å². The van der Waals surface area contributed by atoms with Crippen LogP contribution in [0.3, 0.4) is 0 Å². The molecule has 9 nitrogen and oxygen atoms in total. The van der Waals surface area contributed by atoms with Crippen molar-refractivity contribution in [1.82, 2.24) is 0 Å². The molecule has 0 aliphatic heterocycles. The van der Waals surface area contributed by atoms with Gasteiger partial charge in [-0.2, -0.15) is 0 Å². The van der Waals surface area contributed by atoms with E-state index in [4.69, 9.17) is 18.9 Å². The molecule has 0 aromatic heterocycles. The highest BCUT2D eigenvalue weighted by Crippen LogP contribution is 2.70. The highest BCUT2D eigenvalue weighted by molar-refractivity contribution is 6.01. The molecule has 3 fully saturated rings. The fourth-order valence-electron chi connectivity index (χ4n) is 9.71. The summed E-state index contributed by atoms with van der Waals surface area (Å²) in [7, 11) is 0. The van der Waals surface area contributed by atoms with Crippen LogP contribution in [0.25, 0.3) is 0 Å². The number of esters is 1. The van der Waals surface area contributed by atoms with Crippen LogP contribution in [0, 0.1) is 28.6 Å². The van der Waals surface area contributed by atoms with Gasteiger partial charge in [0.05, 0.1) is 24.4 Å². The van der Waals surface area contributed by atoms with Crippen LogP contribution in [0.15, 0.2) is 60.4 Å². The van der Waals surface area contributed by atoms with Crippen LogP contribution in [-0.2, 0) is 35.0 Å². The van der Waals surface area contributed by atoms with E-state index in [1.165, 1.54) is 19.1 Å². The van der Waals surface area contributed by atoms with Gasteiger partial charge in [-0.05, 0) is 93.2 Å². The Morgan fingerprint density at radius 3 is 2.43 bits per heavy atom. The second-order valence-corrected chi connectivity index (χ2v) is 16.2. The van der Waals surface area contributed by atoms with Crippen LogP contribution in [0.4, 0.5) is 13.6 Å². The molecule has 5 rings (SSSR count). The number of halogens is 2. The monoisotopic (exact) mass is 754 g/mol. The van der Waals surface area contributed by atoms with Gasteiger partial charge < -0.3 is 24.1 Å². The fourth-order valence-corrected chi connectivity index (χ4v) is 9.71. The molecule has 0 bridgehead atoms. The van der Waals surface area contributed by atoms with E-state index < -0.39 is 70.5 Å². The highest BCUT2D eigenvalue weighted by atomic mass is 19.1. The van der Waals surface area contributed by atoms with Crippen LogP contribution >= 0.6 is 0 Å². The summed E-state index contributed by atoms with van der Waals surface area (Å²) in [5, 5.41) is 11.8. The highest BCUT2D eigenvalue weighted by Gasteiger charge is 2.76. The summed E-state index contributed by atoms with van der Waals surface area (Å²) in [6.07, 6.45) is 4.69. The number of aliphatic hydroxyl groups excluding tert-OH is 1. The number of Topliss-reactive ketones (excluding diaryl/α,β-unsaturated/α-hetero) is 1. The first kappa shape index (κ1) is 41.3. The lowest BCUT2D eigenvalue weighted by Gasteiger charge is -2.63. The number of alkyl halides is 2. The predicted octanol–water partition coefficient (Wildman–Crippen LogP) is 8.46. The van der Waals surface area contributed by atoms with E-state index in [2.05, 4.69) is 13.5 Å². The third kappa shape index (κ3) is 7.54. The van der Waals surface area contributed by atoms with Gasteiger partial charge in [0, 0.05) is 23.2 Å². The third-order valence-corrected chi connectivity index (χ3v) is 12.7. The summed E-state index contributed by atoms with van der Waals surface area (Å²) < 4.78 is 56.2. The van der Waals surface area contributed by atoms with Crippen molar-refractivity contribution in [3.8, 4) is 5.75 Å². The Bertz CT molecular complexity index is 1650. The van der Waals surface area contributed by atoms with E-state index in [1.807, 2.05) is 6.92 Å². The average Bonchev–Trinajstić information content (AvgIpc) is 3.42. The first-order chi connectivity index (χ1) is 25.6. The predicted molar refractivity (Wildman–Crippen MR) is 198 cm³/mol. The standard InChI is InChI=1S/C43H56F2O9/c1-7-9-11-21-51-38(49)27(3)22-29-13-15-31(16-14-29)53-39(50)52-26-37(48)42(54-28(4)12-10-8-2)20-18-32-33-24-35(44)34-23-30(46)17-19-40(34,5)43(33,45)36(47)25-41(32,42)6/h13-17,19,23,27,32-33,35-36,47H,4,7-12,18,20-22,24-26H2,1-3,5-6H3. The molecule has 1 aromatic carbocycles. The number of allylic oxidation sites excluding steroid dienone is 5. The van der Waals surface area contributed by atoms with Gasteiger partial charge in [0.15, 0.2) is 23.7 Å². The Morgan fingerprint density at radius 2 is 1.74 bits per heavy atom. The normalized spacial score (nSPS) is 33.0. The maximum atomic E-state index is 17.7. The molecule has 11 heteroatoms. The molecule has 9 unspecified atom stereocenters. The van der Waals surface area contributed by atoms with Crippen LogP contribution in [0.5, 0.6) is 5.75 Å². The van der Waals surface area contributed by atoms with Gasteiger partial charge >= 0.3 is 12.1 Å². The van der Waals surface area contributed by atoms with Crippen LogP contribution < -0.4 is 4.74 Å². The number of hydrogen-bond acceptors (Lipinski definition) is 9. The van der Waals surface area contributed by atoms with Gasteiger partial charge in [0.25, 0.3) is 0 Å². The molecule has 0 heterocycles. The number of unbranched alkanes of at least 4 members (excludes halogenated alkanes) is 3. The Labute approximate surface area is 317 Å². The van der Waals surface area contributed by atoms with E-state index in [0.29, 0.717) is 31.6 Å². The summed E-state index contributed by atoms with van der Waals surface area (Å²) in [5.74, 6) is -2.71. The Kier molecular flexibility index (Phi) is 12.6. The van der Waals surface area contributed by atoms with E-state index in [9.17, 15) is 24.3 Å². The number of hydrogen-bond donors (Lipinski definition) is 1. The first-order valence-electron chi connectivity index (χ1n) is 19.5. The Morgan fingerprint density at radius 1 is 1.04 bits per heavy atom. The SMILES string of the molecule is C=C(CCCC)OC1(C(=O)COC(=O)Oc2ccc(CC(C)C(=O)OCCCCC)cc2)CCC2C3CC(F)C4=CC(=O)C=CC4(C)C3(F)C(O)CC21C. The number of carbonyl (C=O) groups excluding carboxylic acids is 4. The van der Waals surface area contributed by atoms with Crippen molar-refractivity contribution in [3.63, 3.8) is 0 Å². The maximum Gasteiger partial charge on any atom is 0.514 e. The van der Waals surface area contributed by atoms with Gasteiger partial charge in [0.2, 0.25) is 5.78 Å². The molecule has 0 saturated heterocycles. The third-order valence-electron chi connectivity index (χ3n) is 12.7. The smallest absolute Gasteiger partial charge is 0.484 e. The largest absolute Gasteiger partial charge is 0.514 e. The fraction of sp³-hybridized carbons (Fsp3) is 0.628. The summed E-state index contributed by atoms with van der Waals surface area (Å²) >= 11 is 0. The zero-order valence-electron chi connectivity index (χ0n) is 32.3. The second-order valence-electron chi connectivity index (χ2n) is 16.2. The first-order valence-corrected chi connectivity index (χ1v) is 19.5. The van der Waals surface area contributed by atoms with Gasteiger partial charge in [-0.25, -0.2) is 13.6 Å². The molecular weight excluding hydrogens is 698 g/mol. The number of aliphatic hydroxyl groups is 1. The van der Waals surface area contributed by atoms with Crippen LogP contribution in [0.2, 0.25) is 0 Å². The van der Waals surface area contributed by atoms with E-state index in [0.717, 1.165) is 43.7 Å². The molecule has 4 aliphatic carbocycles. The quantitative estimate of drug-likeness (QED) is 0.0766. The lowest BCUT2D eigenvalue weighted by Crippen LogP contribution is -2.70. The van der Waals surface area contributed by atoms with Gasteiger partial charge in [-0.3, -0.25) is 14.4 Å². The molecule has 54 heavy (non-hydrogen) atoms.